The van der Waals surface area contributed by atoms with Crippen LogP contribution in [0.25, 0.3) is 10.4 Å². The van der Waals surface area contributed by atoms with Gasteiger partial charge in [0.15, 0.2) is 5.01 Å². The number of aliphatic hydroxyl groups excluding tert-OH is 1. The van der Waals surface area contributed by atoms with Gasteiger partial charge in [-0.1, -0.05) is 6.92 Å². The first kappa shape index (κ1) is 25.4. The molecule has 0 spiro atoms. The van der Waals surface area contributed by atoms with Gasteiger partial charge >= 0.3 is 0 Å². The minimum Gasteiger partial charge on any atom is -0.391 e. The molecule has 1 aliphatic heterocycles. The van der Waals surface area contributed by atoms with Gasteiger partial charge in [0.05, 0.1) is 17.0 Å². The van der Waals surface area contributed by atoms with E-state index >= 15 is 0 Å². The monoisotopic (exact) mass is 507 g/mol. The molecule has 1 aliphatic carbocycles. The zero-order valence-electron chi connectivity index (χ0n) is 20.1. The number of hydrogen-bond donors (Lipinski definition) is 3. The second-order valence-corrected chi connectivity index (χ2v) is 10.3. The van der Waals surface area contributed by atoms with Gasteiger partial charge in [-0.3, -0.25) is 9.59 Å². The first-order chi connectivity index (χ1) is 16.7. The molecule has 0 unspecified atom stereocenters. The van der Waals surface area contributed by atoms with E-state index in [1.165, 1.54) is 12.3 Å². The van der Waals surface area contributed by atoms with Crippen molar-refractivity contribution in [1.82, 2.24) is 20.2 Å². The van der Waals surface area contributed by atoms with E-state index in [0.29, 0.717) is 25.2 Å². The van der Waals surface area contributed by atoms with Gasteiger partial charge < -0.3 is 20.6 Å². The van der Waals surface area contributed by atoms with Gasteiger partial charge in [0.25, 0.3) is 18.2 Å². The molecule has 4 rings (SSSR count). The first-order valence-corrected chi connectivity index (χ1v) is 12.9. The number of alkyl halides is 2. The molecular weight excluding hydrogens is 476 g/mol. The van der Waals surface area contributed by atoms with Gasteiger partial charge in [-0.15, -0.1) is 11.3 Å². The molecular formula is C24H31F2N5O3S. The Bertz CT molecular complexity index is 1100. The maximum Gasteiger partial charge on any atom is 0.280 e. The predicted molar refractivity (Wildman–Crippen MR) is 130 cm³/mol. The number of anilines is 1. The Morgan fingerprint density at radius 2 is 2.09 bits per heavy atom. The second kappa shape index (κ2) is 10.5. The molecule has 11 heteroatoms. The fourth-order valence-corrected chi connectivity index (χ4v) is 5.26. The highest BCUT2D eigenvalue weighted by atomic mass is 32.1. The van der Waals surface area contributed by atoms with Crippen LogP contribution in [-0.2, 0) is 0 Å². The Labute approximate surface area is 207 Å². The van der Waals surface area contributed by atoms with E-state index < -0.39 is 18.4 Å². The number of rotatable bonds is 8. The van der Waals surface area contributed by atoms with Crippen LogP contribution in [0.4, 0.5) is 14.6 Å². The minimum atomic E-state index is -2.82. The first-order valence-electron chi connectivity index (χ1n) is 12.0. The third-order valence-corrected chi connectivity index (χ3v) is 7.90. The fraction of sp³-hybridized carbons (Fsp3) is 0.583. The summed E-state index contributed by atoms with van der Waals surface area (Å²) in [5.41, 5.74) is -0.209. The number of carbonyl (C=O) groups excluding carboxylic acids is 2. The normalized spacial score (nSPS) is 22.7. The lowest BCUT2D eigenvalue weighted by Gasteiger charge is -2.32. The van der Waals surface area contributed by atoms with Crippen molar-refractivity contribution in [2.45, 2.75) is 83.5 Å². The van der Waals surface area contributed by atoms with Crippen molar-refractivity contribution in [2.24, 2.45) is 0 Å². The van der Waals surface area contributed by atoms with E-state index in [4.69, 9.17) is 0 Å². The smallest absolute Gasteiger partial charge is 0.280 e. The lowest BCUT2D eigenvalue weighted by Crippen LogP contribution is -2.50. The Morgan fingerprint density at radius 3 is 2.66 bits per heavy atom. The summed E-state index contributed by atoms with van der Waals surface area (Å²) in [4.78, 5) is 36.8. The molecule has 2 amide bonds. The van der Waals surface area contributed by atoms with Crippen molar-refractivity contribution < 1.29 is 23.5 Å². The molecule has 2 fully saturated rings. The third kappa shape index (κ3) is 5.30. The van der Waals surface area contributed by atoms with Gasteiger partial charge in [-0.2, -0.15) is 0 Å². The quantitative estimate of drug-likeness (QED) is 0.494. The second-order valence-electron chi connectivity index (χ2n) is 9.32. The van der Waals surface area contributed by atoms with E-state index in [1.54, 1.807) is 4.90 Å². The zero-order valence-corrected chi connectivity index (χ0v) is 20.9. The molecule has 4 atom stereocenters. The number of pyridine rings is 1. The molecule has 2 aromatic heterocycles. The Morgan fingerprint density at radius 1 is 1.31 bits per heavy atom. The van der Waals surface area contributed by atoms with Crippen LogP contribution in [0.15, 0.2) is 12.3 Å². The number of aliphatic hydroxyl groups is 1. The minimum absolute atomic E-state index is 0.00340. The molecule has 190 valence electrons. The van der Waals surface area contributed by atoms with Crippen LogP contribution in [0.2, 0.25) is 0 Å². The van der Waals surface area contributed by atoms with E-state index in [0.717, 1.165) is 30.6 Å². The average Bonchev–Trinajstić information content (AvgIpc) is 3.47. The number of thiazole rings is 1. The van der Waals surface area contributed by atoms with Gasteiger partial charge in [-0.05, 0) is 52.0 Å². The number of hydrogen-bond acceptors (Lipinski definition) is 7. The van der Waals surface area contributed by atoms with Crippen LogP contribution in [0, 0.1) is 0 Å². The SMILES string of the molecule is CC[C@@H](C)Nc1cc(C(F)F)c(-c2sc(C(=O)N[C@H]3CC[C@@H]3O)nc2C(=O)N2CCC[C@@H]2C)cn1. The topological polar surface area (TPSA) is 107 Å². The summed E-state index contributed by atoms with van der Waals surface area (Å²) in [5.74, 6) is -0.595. The third-order valence-electron chi connectivity index (χ3n) is 6.81. The van der Waals surface area contributed by atoms with Crippen LogP contribution in [0.5, 0.6) is 0 Å². The van der Waals surface area contributed by atoms with Crippen molar-refractivity contribution in [3.63, 3.8) is 0 Å². The molecule has 0 bridgehead atoms. The van der Waals surface area contributed by atoms with Gasteiger partial charge in [0.1, 0.15) is 11.5 Å². The van der Waals surface area contributed by atoms with Crippen LogP contribution in [-0.4, -0.2) is 62.6 Å². The zero-order chi connectivity index (χ0) is 25.3. The van der Waals surface area contributed by atoms with Crippen molar-refractivity contribution >= 4 is 29.0 Å². The number of nitrogens with one attached hydrogen (secondary N) is 2. The molecule has 0 radical (unpaired) electrons. The van der Waals surface area contributed by atoms with E-state index in [9.17, 15) is 23.5 Å². The van der Waals surface area contributed by atoms with Gasteiger partial charge in [0.2, 0.25) is 0 Å². The lowest BCUT2D eigenvalue weighted by molar-refractivity contribution is 0.0447. The lowest BCUT2D eigenvalue weighted by atomic mass is 9.89. The summed E-state index contributed by atoms with van der Waals surface area (Å²) in [6, 6.07) is 0.961. The van der Waals surface area contributed by atoms with Crippen molar-refractivity contribution in [2.75, 3.05) is 11.9 Å². The number of carbonyl (C=O) groups is 2. The number of aromatic nitrogens is 2. The van der Waals surface area contributed by atoms with Crippen LogP contribution < -0.4 is 10.6 Å². The Balaban J connectivity index is 1.75. The van der Waals surface area contributed by atoms with Crippen LogP contribution >= 0.6 is 11.3 Å². The summed E-state index contributed by atoms with van der Waals surface area (Å²) >= 11 is 0.897. The molecule has 2 aromatic rings. The van der Waals surface area contributed by atoms with E-state index in [-0.39, 0.29) is 50.7 Å². The van der Waals surface area contributed by atoms with Crippen molar-refractivity contribution in [3.8, 4) is 10.4 Å². The molecule has 1 saturated carbocycles. The predicted octanol–water partition coefficient (Wildman–Crippen LogP) is 4.23. The van der Waals surface area contributed by atoms with Crippen molar-refractivity contribution in [1.29, 1.82) is 0 Å². The molecule has 3 heterocycles. The molecule has 2 aliphatic rings. The van der Waals surface area contributed by atoms with Gasteiger partial charge in [0, 0.05) is 36.0 Å². The standard InChI is InChI=1S/C24H31F2N5O3S/c1-4-12(2)28-18-10-14(21(25)26)15(11-27-18)20-19(24(34)31-9-5-6-13(31)3)30-23(35-20)22(33)29-16-7-8-17(16)32/h10-13,16-17,21,32H,4-9H2,1-3H3,(H,27,28)(H,29,33)/t12-,13+,16+,17+/m1/s1. The number of amides is 2. The molecule has 8 nitrogen and oxygen atoms in total. The summed E-state index contributed by atoms with van der Waals surface area (Å²) in [6.45, 7) is 6.39. The van der Waals surface area contributed by atoms with Crippen LogP contribution in [0.3, 0.4) is 0 Å². The highest BCUT2D eigenvalue weighted by Gasteiger charge is 2.35. The molecule has 0 aromatic carbocycles. The largest absolute Gasteiger partial charge is 0.391 e. The maximum absolute atomic E-state index is 14.2. The molecule has 35 heavy (non-hydrogen) atoms. The fourth-order valence-electron chi connectivity index (χ4n) is 4.27. The van der Waals surface area contributed by atoms with E-state index in [1.807, 2.05) is 20.8 Å². The summed E-state index contributed by atoms with van der Waals surface area (Å²) < 4.78 is 28.3. The molecule has 1 saturated heterocycles. The summed E-state index contributed by atoms with van der Waals surface area (Å²) in [6.07, 6.45) is 1.62. The highest BCUT2D eigenvalue weighted by molar-refractivity contribution is 7.17. The summed E-state index contributed by atoms with van der Waals surface area (Å²) in [5, 5.41) is 15.6. The van der Waals surface area contributed by atoms with Crippen molar-refractivity contribution in [3.05, 3.63) is 28.5 Å². The number of nitrogens with zero attached hydrogens (tertiary/aromatic N) is 3. The summed E-state index contributed by atoms with van der Waals surface area (Å²) in [7, 11) is 0. The molecule has 3 N–H and O–H groups in total. The average molecular weight is 508 g/mol. The highest BCUT2D eigenvalue weighted by Crippen LogP contribution is 2.39. The Kier molecular flexibility index (Phi) is 7.65. The number of likely N-dealkylation sites (tertiary alicyclic amines) is 1. The van der Waals surface area contributed by atoms with E-state index in [2.05, 4.69) is 20.6 Å². The maximum atomic E-state index is 14.2. The van der Waals surface area contributed by atoms with Gasteiger partial charge in [-0.25, -0.2) is 18.7 Å². The Hall–Kier alpha value is -2.66. The number of halogens is 2. The van der Waals surface area contributed by atoms with Crippen LogP contribution in [0.1, 0.15) is 85.2 Å².